The number of hydrogen-bond donors (Lipinski definition) is 2. The fraction of sp³-hybridized carbons (Fsp3) is 0.455. The number of carbonyl (C=O) groups is 2. The van der Waals surface area contributed by atoms with Crippen LogP contribution in [-0.2, 0) is 11.3 Å². The highest BCUT2D eigenvalue weighted by Gasteiger charge is 2.11. The maximum Gasteiger partial charge on any atom is 0.323 e. The Balaban J connectivity index is 2.45. The molecule has 1 aromatic heterocycles. The summed E-state index contributed by atoms with van der Waals surface area (Å²) in [7, 11) is 1.45. The van der Waals surface area contributed by atoms with Gasteiger partial charge in [-0.3, -0.25) is 4.79 Å². The van der Waals surface area contributed by atoms with Crippen molar-refractivity contribution in [3.8, 4) is 0 Å². The van der Waals surface area contributed by atoms with Crippen LogP contribution in [0.15, 0.2) is 6.07 Å². The van der Waals surface area contributed by atoms with E-state index in [0.29, 0.717) is 6.54 Å². The van der Waals surface area contributed by atoms with Crippen molar-refractivity contribution >= 4 is 23.3 Å². The van der Waals surface area contributed by atoms with E-state index in [1.165, 1.54) is 17.5 Å². The Morgan fingerprint density at radius 2 is 2.12 bits per heavy atom. The van der Waals surface area contributed by atoms with Gasteiger partial charge < -0.3 is 15.3 Å². The first kappa shape index (κ1) is 13.5. The number of carboxylic acids is 1. The predicted molar refractivity (Wildman–Crippen MR) is 66.3 cm³/mol. The summed E-state index contributed by atoms with van der Waals surface area (Å²) in [5.41, 5.74) is 1.21. The van der Waals surface area contributed by atoms with Gasteiger partial charge in [-0.15, -0.1) is 11.3 Å². The summed E-state index contributed by atoms with van der Waals surface area (Å²) in [6.45, 7) is 4.19. The molecule has 1 aromatic rings. The average molecular weight is 256 g/mol. The van der Waals surface area contributed by atoms with Crippen molar-refractivity contribution in [1.82, 2.24) is 10.2 Å². The third-order valence-corrected chi connectivity index (χ3v) is 3.50. The maximum absolute atomic E-state index is 11.5. The number of aliphatic carboxylic acids is 1. The molecule has 0 saturated carbocycles. The van der Waals surface area contributed by atoms with Crippen molar-refractivity contribution in [2.45, 2.75) is 20.4 Å². The molecule has 6 heteroatoms. The quantitative estimate of drug-likeness (QED) is 0.859. The summed E-state index contributed by atoms with van der Waals surface area (Å²) in [5.74, 6) is -1.02. The van der Waals surface area contributed by atoms with E-state index < -0.39 is 5.97 Å². The van der Waals surface area contributed by atoms with Crippen LogP contribution in [0.5, 0.6) is 0 Å². The second-order valence-electron chi connectivity index (χ2n) is 3.86. The van der Waals surface area contributed by atoms with Crippen LogP contribution in [0.1, 0.15) is 15.3 Å². The highest BCUT2D eigenvalue weighted by molar-refractivity contribution is 7.12. The third-order valence-electron chi connectivity index (χ3n) is 2.35. The van der Waals surface area contributed by atoms with E-state index in [9.17, 15) is 9.59 Å². The van der Waals surface area contributed by atoms with E-state index in [2.05, 4.69) is 5.32 Å². The van der Waals surface area contributed by atoms with Gasteiger partial charge in [0, 0.05) is 16.8 Å². The number of aryl methyl sites for hydroxylation is 2. The van der Waals surface area contributed by atoms with Crippen LogP contribution in [0.25, 0.3) is 0 Å². The molecule has 0 aromatic carbocycles. The molecular formula is C11H16N2O3S. The van der Waals surface area contributed by atoms with E-state index in [1.807, 2.05) is 19.9 Å². The van der Waals surface area contributed by atoms with Crippen LogP contribution < -0.4 is 5.32 Å². The number of carbonyl (C=O) groups excluding carboxylic acids is 1. The Morgan fingerprint density at radius 1 is 1.47 bits per heavy atom. The van der Waals surface area contributed by atoms with Crippen LogP contribution in [0, 0.1) is 13.8 Å². The lowest BCUT2D eigenvalue weighted by molar-refractivity contribution is -0.137. The van der Waals surface area contributed by atoms with E-state index >= 15 is 0 Å². The van der Waals surface area contributed by atoms with Gasteiger partial charge in [0.1, 0.15) is 6.54 Å². The fourth-order valence-corrected chi connectivity index (χ4v) is 2.30. The van der Waals surface area contributed by atoms with Gasteiger partial charge in [0.05, 0.1) is 6.54 Å². The van der Waals surface area contributed by atoms with Gasteiger partial charge in [0.2, 0.25) is 0 Å². The number of nitrogens with one attached hydrogen (secondary N) is 1. The first-order valence-corrected chi connectivity index (χ1v) is 5.98. The van der Waals surface area contributed by atoms with Crippen LogP contribution in [0.3, 0.4) is 0 Å². The molecule has 94 valence electrons. The predicted octanol–water partition coefficient (Wildman–Crippen LogP) is 1.59. The Bertz CT molecular complexity index is 409. The largest absolute Gasteiger partial charge is 0.480 e. The molecule has 0 aliphatic heterocycles. The molecule has 0 radical (unpaired) electrons. The highest BCUT2D eigenvalue weighted by Crippen LogP contribution is 2.20. The molecule has 2 amide bonds. The molecule has 0 saturated heterocycles. The van der Waals surface area contributed by atoms with Gasteiger partial charge in [-0.05, 0) is 25.5 Å². The van der Waals surface area contributed by atoms with Crippen molar-refractivity contribution in [1.29, 1.82) is 0 Å². The van der Waals surface area contributed by atoms with Gasteiger partial charge in [0.25, 0.3) is 0 Å². The summed E-state index contributed by atoms with van der Waals surface area (Å²) in [4.78, 5) is 25.3. The topological polar surface area (TPSA) is 69.6 Å². The standard InChI is InChI=1S/C11H16N2O3S/c1-7-4-9(17-8(7)2)5-12-11(16)13(3)6-10(14)15/h4H,5-6H2,1-3H3,(H,12,16)(H,14,15). The Kier molecular flexibility index (Phi) is 4.51. The lowest BCUT2D eigenvalue weighted by Gasteiger charge is -2.14. The zero-order valence-corrected chi connectivity index (χ0v) is 10.9. The highest BCUT2D eigenvalue weighted by atomic mass is 32.1. The first-order valence-electron chi connectivity index (χ1n) is 5.17. The van der Waals surface area contributed by atoms with Gasteiger partial charge >= 0.3 is 12.0 Å². The molecule has 0 spiro atoms. The number of thiophene rings is 1. The maximum atomic E-state index is 11.5. The number of urea groups is 1. The van der Waals surface area contributed by atoms with E-state index in [4.69, 9.17) is 5.11 Å². The smallest absolute Gasteiger partial charge is 0.323 e. The summed E-state index contributed by atoms with van der Waals surface area (Å²) in [6.07, 6.45) is 0. The van der Waals surface area contributed by atoms with Crippen molar-refractivity contribution < 1.29 is 14.7 Å². The molecule has 0 aliphatic carbocycles. The molecule has 0 unspecified atom stereocenters. The second-order valence-corrected chi connectivity index (χ2v) is 5.20. The fourth-order valence-electron chi connectivity index (χ4n) is 1.31. The second kappa shape index (κ2) is 5.67. The molecule has 0 bridgehead atoms. The minimum atomic E-state index is -1.02. The number of likely N-dealkylation sites (N-methyl/N-ethyl adjacent to an activating group) is 1. The van der Waals surface area contributed by atoms with E-state index in [-0.39, 0.29) is 12.6 Å². The minimum absolute atomic E-state index is 0.297. The monoisotopic (exact) mass is 256 g/mol. The van der Waals surface area contributed by atoms with Crippen LogP contribution in [0.2, 0.25) is 0 Å². The van der Waals surface area contributed by atoms with Crippen LogP contribution in [-0.4, -0.2) is 35.6 Å². The van der Waals surface area contributed by atoms with Gasteiger partial charge in [-0.2, -0.15) is 0 Å². The van der Waals surface area contributed by atoms with Crippen molar-refractivity contribution in [3.05, 3.63) is 21.4 Å². The number of nitrogens with zero attached hydrogens (tertiary/aromatic N) is 1. The molecule has 17 heavy (non-hydrogen) atoms. The lowest BCUT2D eigenvalue weighted by atomic mass is 10.3. The van der Waals surface area contributed by atoms with Gasteiger partial charge in [-0.25, -0.2) is 4.79 Å². The molecule has 0 fully saturated rings. The normalized spacial score (nSPS) is 10.1. The summed E-state index contributed by atoms with van der Waals surface area (Å²) < 4.78 is 0. The molecule has 0 atom stereocenters. The zero-order valence-electron chi connectivity index (χ0n) is 10.1. The van der Waals surface area contributed by atoms with Gasteiger partial charge in [-0.1, -0.05) is 0 Å². The average Bonchev–Trinajstić information content (AvgIpc) is 2.54. The molecule has 2 N–H and O–H groups in total. The Morgan fingerprint density at radius 3 is 2.59 bits per heavy atom. The van der Waals surface area contributed by atoms with Crippen molar-refractivity contribution in [3.63, 3.8) is 0 Å². The molecule has 0 aliphatic rings. The van der Waals surface area contributed by atoms with Crippen LogP contribution >= 0.6 is 11.3 Å². The summed E-state index contributed by atoms with van der Waals surface area (Å²) >= 11 is 1.63. The number of hydrogen-bond acceptors (Lipinski definition) is 3. The Hall–Kier alpha value is -1.56. The molecule has 1 rings (SSSR count). The molecule has 1 heterocycles. The van der Waals surface area contributed by atoms with E-state index in [1.54, 1.807) is 11.3 Å². The van der Waals surface area contributed by atoms with Crippen molar-refractivity contribution in [2.75, 3.05) is 13.6 Å². The number of carboxylic acid groups (broad SMARTS) is 1. The van der Waals surface area contributed by atoms with E-state index in [0.717, 1.165) is 9.78 Å². The zero-order chi connectivity index (χ0) is 13.0. The molecule has 5 nitrogen and oxygen atoms in total. The van der Waals surface area contributed by atoms with Crippen molar-refractivity contribution in [2.24, 2.45) is 0 Å². The number of amides is 2. The summed E-state index contributed by atoms with van der Waals surface area (Å²) in [5, 5.41) is 11.2. The summed E-state index contributed by atoms with van der Waals surface area (Å²) in [6, 6.07) is 1.65. The SMILES string of the molecule is Cc1cc(CNC(=O)N(C)CC(=O)O)sc1C. The minimum Gasteiger partial charge on any atom is -0.480 e. The lowest BCUT2D eigenvalue weighted by Crippen LogP contribution is -2.39. The van der Waals surface area contributed by atoms with Gasteiger partial charge in [0.15, 0.2) is 0 Å². The Labute approximate surface area is 104 Å². The first-order chi connectivity index (χ1) is 7.90. The van der Waals surface area contributed by atoms with Crippen LogP contribution in [0.4, 0.5) is 4.79 Å². The number of rotatable bonds is 4. The molecular weight excluding hydrogens is 240 g/mol. The third kappa shape index (κ3) is 4.07.